The molecule has 1 heterocycles. The molecule has 19 heavy (non-hydrogen) atoms. The summed E-state index contributed by atoms with van der Waals surface area (Å²) in [4.78, 5) is 11.4. The van der Waals surface area contributed by atoms with Gasteiger partial charge in [0.1, 0.15) is 17.1 Å². The second-order valence-electron chi connectivity index (χ2n) is 4.33. The largest absolute Gasteiger partial charge is 0.535 e. The third kappa shape index (κ3) is 2.52. The minimum absolute atomic E-state index is 0.0696. The van der Waals surface area contributed by atoms with Gasteiger partial charge >= 0.3 is 13.1 Å². The molecule has 1 aliphatic rings. The Hall–Kier alpha value is -1.73. The number of hydrogen-bond donors (Lipinski definition) is 2. The number of ether oxygens (including phenoxy) is 2. The fourth-order valence-corrected chi connectivity index (χ4v) is 2.32. The Balaban J connectivity index is 2.55. The lowest BCUT2D eigenvalue weighted by atomic mass is 9.72. The number of carbonyl (C=O) groups is 1. The summed E-state index contributed by atoms with van der Waals surface area (Å²) in [5.74, 6) is -0.893. The van der Waals surface area contributed by atoms with Crippen LogP contribution < -0.4 is 9.39 Å². The van der Waals surface area contributed by atoms with E-state index < -0.39 is 13.1 Å². The summed E-state index contributed by atoms with van der Waals surface area (Å²) in [6.07, 6.45) is 0.367. The van der Waals surface area contributed by atoms with Crippen LogP contribution in [0.15, 0.2) is 12.1 Å². The van der Waals surface area contributed by atoms with E-state index in [1.807, 2.05) is 0 Å². The van der Waals surface area contributed by atoms with E-state index in [1.54, 1.807) is 19.2 Å². The van der Waals surface area contributed by atoms with Crippen LogP contribution in [0.1, 0.15) is 21.8 Å². The van der Waals surface area contributed by atoms with Crippen LogP contribution in [0.25, 0.3) is 0 Å². The molecule has 0 radical (unpaired) electrons. The Labute approximate surface area is 111 Å². The third-order valence-corrected chi connectivity index (χ3v) is 3.13. The quantitative estimate of drug-likeness (QED) is 0.790. The van der Waals surface area contributed by atoms with E-state index in [2.05, 4.69) is 0 Å². The Kier molecular flexibility index (Phi) is 3.97. The van der Waals surface area contributed by atoms with E-state index in [9.17, 15) is 14.9 Å². The molecular formula is C12H15BO6. The molecular weight excluding hydrogens is 251 g/mol. The molecule has 7 heteroatoms. The van der Waals surface area contributed by atoms with Gasteiger partial charge in [0.2, 0.25) is 0 Å². The van der Waals surface area contributed by atoms with Gasteiger partial charge in [0, 0.05) is 19.3 Å². The van der Waals surface area contributed by atoms with Crippen molar-refractivity contribution in [1.82, 2.24) is 0 Å². The zero-order chi connectivity index (χ0) is 14.0. The number of fused-ring (bicyclic) bond motifs is 1. The van der Waals surface area contributed by atoms with Crippen LogP contribution in [-0.2, 0) is 4.74 Å². The summed E-state index contributed by atoms with van der Waals surface area (Å²) < 4.78 is 15.4. The molecule has 2 N–H and O–H groups in total. The molecule has 1 aliphatic heterocycles. The van der Waals surface area contributed by atoms with Gasteiger partial charge in [-0.1, -0.05) is 6.07 Å². The van der Waals surface area contributed by atoms with Crippen molar-refractivity contribution in [3.8, 4) is 11.5 Å². The molecule has 0 saturated carbocycles. The van der Waals surface area contributed by atoms with E-state index in [0.29, 0.717) is 18.5 Å². The normalized spacial score (nSPS) is 17.6. The molecule has 0 spiro atoms. The lowest BCUT2D eigenvalue weighted by Gasteiger charge is -2.28. The summed E-state index contributed by atoms with van der Waals surface area (Å²) in [6, 6.07) is 3.34. The van der Waals surface area contributed by atoms with E-state index in [1.165, 1.54) is 7.11 Å². The monoisotopic (exact) mass is 266 g/mol. The number of benzene rings is 1. The zero-order valence-corrected chi connectivity index (χ0v) is 10.8. The molecule has 1 aromatic carbocycles. The maximum absolute atomic E-state index is 11.4. The van der Waals surface area contributed by atoms with E-state index in [-0.39, 0.29) is 23.0 Å². The van der Waals surface area contributed by atoms with E-state index >= 15 is 0 Å². The standard InChI is InChI=1S/C12H15BO6/c1-17-6-7-5-13(16)19-11-8(7)3-4-9(18-2)10(11)12(14)15/h3-4,7,16H,5-6H2,1-2H3,(H,14,15). The van der Waals surface area contributed by atoms with Gasteiger partial charge in [-0.05, 0) is 11.6 Å². The summed E-state index contributed by atoms with van der Waals surface area (Å²) in [6.45, 7) is 0.388. The SMILES string of the molecule is COCC1CB(O)Oc2c1ccc(OC)c2C(=O)O. The van der Waals surface area contributed by atoms with Crippen LogP contribution in [0.5, 0.6) is 11.5 Å². The van der Waals surface area contributed by atoms with E-state index in [0.717, 1.165) is 0 Å². The lowest BCUT2D eigenvalue weighted by molar-refractivity contribution is 0.0690. The van der Waals surface area contributed by atoms with Crippen LogP contribution in [-0.4, -0.2) is 44.0 Å². The first-order chi connectivity index (χ1) is 9.08. The van der Waals surface area contributed by atoms with Crippen molar-refractivity contribution < 1.29 is 29.1 Å². The number of aromatic carboxylic acids is 1. The maximum Gasteiger partial charge on any atom is 0.523 e. The van der Waals surface area contributed by atoms with Crippen LogP contribution in [0.2, 0.25) is 6.32 Å². The Morgan fingerprint density at radius 2 is 2.26 bits per heavy atom. The minimum Gasteiger partial charge on any atom is -0.535 e. The molecule has 0 fully saturated rings. The number of methoxy groups -OCH3 is 2. The summed E-state index contributed by atoms with van der Waals surface area (Å²) in [5, 5.41) is 19.0. The lowest BCUT2D eigenvalue weighted by Crippen LogP contribution is -2.32. The van der Waals surface area contributed by atoms with Crippen molar-refractivity contribution in [2.75, 3.05) is 20.8 Å². The van der Waals surface area contributed by atoms with Gasteiger partial charge in [-0.3, -0.25) is 0 Å². The summed E-state index contributed by atoms with van der Waals surface area (Å²) in [5.41, 5.74) is 0.644. The van der Waals surface area contributed by atoms with Gasteiger partial charge in [-0.25, -0.2) is 4.79 Å². The molecule has 0 amide bonds. The van der Waals surface area contributed by atoms with Crippen molar-refractivity contribution in [2.24, 2.45) is 0 Å². The average Bonchev–Trinajstić information content (AvgIpc) is 2.37. The Bertz CT molecular complexity index is 489. The number of hydrogen-bond acceptors (Lipinski definition) is 5. The van der Waals surface area contributed by atoms with Gasteiger partial charge in [0.25, 0.3) is 0 Å². The molecule has 102 valence electrons. The van der Waals surface area contributed by atoms with Gasteiger partial charge in [-0.2, -0.15) is 0 Å². The molecule has 6 nitrogen and oxygen atoms in total. The average molecular weight is 266 g/mol. The first kappa shape index (κ1) is 13.7. The van der Waals surface area contributed by atoms with Crippen molar-refractivity contribution in [1.29, 1.82) is 0 Å². The minimum atomic E-state index is -1.15. The molecule has 0 bridgehead atoms. The molecule has 1 unspecified atom stereocenters. The van der Waals surface area contributed by atoms with Gasteiger partial charge in [0.15, 0.2) is 0 Å². The zero-order valence-electron chi connectivity index (χ0n) is 10.8. The van der Waals surface area contributed by atoms with Crippen molar-refractivity contribution >= 4 is 13.1 Å². The molecule has 0 saturated heterocycles. The van der Waals surface area contributed by atoms with Crippen LogP contribution >= 0.6 is 0 Å². The summed E-state index contributed by atoms with van der Waals surface area (Å²) in [7, 11) is 1.90. The van der Waals surface area contributed by atoms with Crippen LogP contribution in [0.3, 0.4) is 0 Å². The highest BCUT2D eigenvalue weighted by atomic mass is 16.5. The van der Waals surface area contributed by atoms with Crippen LogP contribution in [0.4, 0.5) is 0 Å². The van der Waals surface area contributed by atoms with Gasteiger partial charge < -0.3 is 24.3 Å². The Morgan fingerprint density at radius 1 is 1.53 bits per heavy atom. The summed E-state index contributed by atoms with van der Waals surface area (Å²) >= 11 is 0. The molecule has 0 aliphatic carbocycles. The first-order valence-electron chi connectivity index (χ1n) is 5.86. The topological polar surface area (TPSA) is 85.2 Å². The third-order valence-electron chi connectivity index (χ3n) is 3.13. The van der Waals surface area contributed by atoms with Crippen molar-refractivity contribution in [3.05, 3.63) is 23.3 Å². The number of carboxylic acid groups (broad SMARTS) is 1. The fraction of sp³-hybridized carbons (Fsp3) is 0.417. The molecule has 0 aromatic heterocycles. The second kappa shape index (κ2) is 5.50. The van der Waals surface area contributed by atoms with Gasteiger partial charge in [-0.15, -0.1) is 0 Å². The van der Waals surface area contributed by atoms with Crippen molar-refractivity contribution in [3.63, 3.8) is 0 Å². The fourth-order valence-electron chi connectivity index (χ4n) is 2.32. The van der Waals surface area contributed by atoms with Crippen molar-refractivity contribution in [2.45, 2.75) is 12.2 Å². The highest BCUT2D eigenvalue weighted by molar-refractivity contribution is 6.44. The highest BCUT2D eigenvalue weighted by Gasteiger charge is 2.35. The highest BCUT2D eigenvalue weighted by Crippen LogP contribution is 2.41. The first-order valence-corrected chi connectivity index (χ1v) is 5.86. The molecule has 2 rings (SSSR count). The number of rotatable bonds is 4. The van der Waals surface area contributed by atoms with Crippen LogP contribution in [0, 0.1) is 0 Å². The predicted molar refractivity (Wildman–Crippen MR) is 68.0 cm³/mol. The Morgan fingerprint density at radius 3 is 2.84 bits per heavy atom. The maximum atomic E-state index is 11.4. The predicted octanol–water partition coefficient (Wildman–Crippen LogP) is 0.996. The number of carboxylic acids is 1. The second-order valence-corrected chi connectivity index (χ2v) is 4.33. The molecule has 1 aromatic rings. The smallest absolute Gasteiger partial charge is 0.523 e. The molecule has 1 atom stereocenters. The van der Waals surface area contributed by atoms with E-state index in [4.69, 9.17) is 14.1 Å². The van der Waals surface area contributed by atoms with Gasteiger partial charge in [0.05, 0.1) is 13.7 Å².